The molecule has 1 nitrogen and oxygen atoms in total. The average Bonchev–Trinajstić information content (AvgIpc) is 2.11. The Labute approximate surface area is 77.2 Å². The van der Waals surface area contributed by atoms with Crippen LogP contribution in [0.5, 0.6) is 0 Å². The minimum Gasteiger partial charge on any atom is -0.393 e. The molecule has 1 heteroatoms. The van der Waals surface area contributed by atoms with Gasteiger partial charge in [-0.25, -0.2) is 0 Å². The molecule has 0 heterocycles. The van der Waals surface area contributed by atoms with E-state index in [-0.39, 0.29) is 6.10 Å². The summed E-state index contributed by atoms with van der Waals surface area (Å²) in [6.45, 7) is 6.50. The van der Waals surface area contributed by atoms with Crippen LogP contribution in [-0.2, 0) is 0 Å². The standard InChI is InChI=1S/C11H24O/c1-4-7-8-10(5-2)9-11(12)6-3/h10-12H,4-9H2,1-3H3/t10-,11+/m1/s1. The lowest BCUT2D eigenvalue weighted by molar-refractivity contribution is 0.133. The van der Waals surface area contributed by atoms with Crippen LogP contribution in [0.2, 0.25) is 0 Å². The molecule has 0 spiro atoms. The van der Waals surface area contributed by atoms with Gasteiger partial charge in [-0.1, -0.05) is 46.5 Å². The number of aliphatic hydroxyl groups is 1. The molecule has 0 aliphatic heterocycles. The quantitative estimate of drug-likeness (QED) is 0.624. The normalized spacial score (nSPS) is 16.0. The van der Waals surface area contributed by atoms with E-state index >= 15 is 0 Å². The molecule has 0 aliphatic carbocycles. The lowest BCUT2D eigenvalue weighted by Crippen LogP contribution is -2.12. The third-order valence-corrected chi connectivity index (χ3v) is 2.62. The van der Waals surface area contributed by atoms with Crippen molar-refractivity contribution in [2.24, 2.45) is 5.92 Å². The molecule has 2 atom stereocenters. The maximum atomic E-state index is 9.46. The molecule has 1 N–H and O–H groups in total. The fourth-order valence-corrected chi connectivity index (χ4v) is 1.53. The summed E-state index contributed by atoms with van der Waals surface area (Å²) in [4.78, 5) is 0. The van der Waals surface area contributed by atoms with Crippen molar-refractivity contribution in [2.45, 2.75) is 65.4 Å². The minimum atomic E-state index is -0.0631. The Balaban J connectivity index is 3.51. The molecule has 0 aromatic rings. The molecule has 74 valence electrons. The monoisotopic (exact) mass is 172 g/mol. The first-order valence-corrected chi connectivity index (χ1v) is 5.42. The van der Waals surface area contributed by atoms with E-state index in [0.29, 0.717) is 0 Å². The molecule has 0 aromatic heterocycles. The lowest BCUT2D eigenvalue weighted by Gasteiger charge is -2.17. The summed E-state index contributed by atoms with van der Waals surface area (Å²) in [5.74, 6) is 0.750. The van der Waals surface area contributed by atoms with E-state index in [1.807, 2.05) is 0 Å². The second-order valence-electron chi connectivity index (χ2n) is 3.71. The Bertz CT molecular complexity index is 91.0. The predicted molar refractivity (Wildman–Crippen MR) is 54.2 cm³/mol. The number of rotatable bonds is 7. The molecule has 0 saturated heterocycles. The SMILES string of the molecule is CCCC[C@@H](CC)C[C@@H](O)CC. The van der Waals surface area contributed by atoms with Crippen LogP contribution in [0.4, 0.5) is 0 Å². The molecule has 0 amide bonds. The second-order valence-corrected chi connectivity index (χ2v) is 3.71. The van der Waals surface area contributed by atoms with Crippen LogP contribution in [0, 0.1) is 5.92 Å². The van der Waals surface area contributed by atoms with Crippen molar-refractivity contribution in [3.8, 4) is 0 Å². The van der Waals surface area contributed by atoms with Gasteiger partial charge in [0.2, 0.25) is 0 Å². The van der Waals surface area contributed by atoms with Crippen LogP contribution < -0.4 is 0 Å². The van der Waals surface area contributed by atoms with Crippen LogP contribution in [0.15, 0.2) is 0 Å². The Morgan fingerprint density at radius 1 is 1.08 bits per heavy atom. The lowest BCUT2D eigenvalue weighted by atomic mass is 9.92. The van der Waals surface area contributed by atoms with Crippen LogP contribution >= 0.6 is 0 Å². The van der Waals surface area contributed by atoms with E-state index in [1.54, 1.807) is 0 Å². The maximum absolute atomic E-state index is 9.46. The third-order valence-electron chi connectivity index (χ3n) is 2.62. The Kier molecular flexibility index (Phi) is 7.58. The van der Waals surface area contributed by atoms with Crippen LogP contribution in [0.3, 0.4) is 0 Å². The van der Waals surface area contributed by atoms with Crippen molar-refractivity contribution in [3.63, 3.8) is 0 Å². The number of hydrogen-bond donors (Lipinski definition) is 1. The molecular weight excluding hydrogens is 148 g/mol. The summed E-state index contributed by atoms with van der Waals surface area (Å²) in [5.41, 5.74) is 0. The topological polar surface area (TPSA) is 20.2 Å². The molecule has 0 aliphatic rings. The Hall–Kier alpha value is -0.0400. The van der Waals surface area contributed by atoms with Gasteiger partial charge in [0.05, 0.1) is 6.10 Å². The summed E-state index contributed by atoms with van der Waals surface area (Å²) >= 11 is 0. The van der Waals surface area contributed by atoms with E-state index in [1.165, 1.54) is 25.7 Å². The van der Waals surface area contributed by atoms with Crippen LogP contribution in [0.1, 0.15) is 59.3 Å². The van der Waals surface area contributed by atoms with Gasteiger partial charge < -0.3 is 5.11 Å². The van der Waals surface area contributed by atoms with Gasteiger partial charge in [-0.05, 0) is 18.8 Å². The van der Waals surface area contributed by atoms with Gasteiger partial charge in [-0.15, -0.1) is 0 Å². The van der Waals surface area contributed by atoms with Gasteiger partial charge in [0.1, 0.15) is 0 Å². The van der Waals surface area contributed by atoms with Gasteiger partial charge >= 0.3 is 0 Å². The Morgan fingerprint density at radius 3 is 2.17 bits per heavy atom. The van der Waals surface area contributed by atoms with Gasteiger partial charge in [-0.2, -0.15) is 0 Å². The zero-order chi connectivity index (χ0) is 9.40. The van der Waals surface area contributed by atoms with Gasteiger partial charge in [-0.3, -0.25) is 0 Å². The first kappa shape index (κ1) is 12.0. The highest BCUT2D eigenvalue weighted by Gasteiger charge is 2.10. The van der Waals surface area contributed by atoms with Crippen LogP contribution in [0.25, 0.3) is 0 Å². The largest absolute Gasteiger partial charge is 0.393 e. The van der Waals surface area contributed by atoms with Crippen molar-refractivity contribution >= 4 is 0 Å². The molecule has 0 rings (SSSR count). The molecule has 0 fully saturated rings. The first-order chi connectivity index (χ1) is 5.74. The zero-order valence-electron chi connectivity index (χ0n) is 8.84. The summed E-state index contributed by atoms with van der Waals surface area (Å²) < 4.78 is 0. The molecule has 0 radical (unpaired) electrons. The smallest absolute Gasteiger partial charge is 0.0540 e. The van der Waals surface area contributed by atoms with E-state index in [0.717, 1.165) is 18.8 Å². The molecule has 0 unspecified atom stereocenters. The maximum Gasteiger partial charge on any atom is 0.0540 e. The first-order valence-electron chi connectivity index (χ1n) is 5.42. The predicted octanol–water partition coefficient (Wildman–Crippen LogP) is 3.36. The fourth-order valence-electron chi connectivity index (χ4n) is 1.53. The van der Waals surface area contributed by atoms with Gasteiger partial charge in [0.15, 0.2) is 0 Å². The second kappa shape index (κ2) is 7.60. The highest BCUT2D eigenvalue weighted by Crippen LogP contribution is 2.19. The van der Waals surface area contributed by atoms with Gasteiger partial charge in [0, 0.05) is 0 Å². The van der Waals surface area contributed by atoms with E-state index < -0.39 is 0 Å². The van der Waals surface area contributed by atoms with E-state index in [2.05, 4.69) is 20.8 Å². The highest BCUT2D eigenvalue weighted by molar-refractivity contribution is 4.62. The van der Waals surface area contributed by atoms with Crippen molar-refractivity contribution < 1.29 is 5.11 Å². The average molecular weight is 172 g/mol. The summed E-state index contributed by atoms with van der Waals surface area (Å²) in [6.07, 6.45) is 6.96. The molecule has 12 heavy (non-hydrogen) atoms. The summed E-state index contributed by atoms with van der Waals surface area (Å²) in [7, 11) is 0. The molecule has 0 aromatic carbocycles. The van der Waals surface area contributed by atoms with Crippen LogP contribution in [-0.4, -0.2) is 11.2 Å². The zero-order valence-corrected chi connectivity index (χ0v) is 8.84. The van der Waals surface area contributed by atoms with Crippen molar-refractivity contribution in [3.05, 3.63) is 0 Å². The Morgan fingerprint density at radius 2 is 1.75 bits per heavy atom. The van der Waals surface area contributed by atoms with E-state index in [4.69, 9.17) is 0 Å². The fraction of sp³-hybridized carbons (Fsp3) is 1.00. The number of hydrogen-bond acceptors (Lipinski definition) is 1. The summed E-state index contributed by atoms with van der Waals surface area (Å²) in [6, 6.07) is 0. The third kappa shape index (κ3) is 5.59. The molecule has 0 bridgehead atoms. The van der Waals surface area contributed by atoms with Crippen molar-refractivity contribution in [1.82, 2.24) is 0 Å². The molecular formula is C11H24O. The van der Waals surface area contributed by atoms with Crippen molar-refractivity contribution in [2.75, 3.05) is 0 Å². The van der Waals surface area contributed by atoms with Crippen molar-refractivity contribution in [1.29, 1.82) is 0 Å². The number of aliphatic hydroxyl groups excluding tert-OH is 1. The van der Waals surface area contributed by atoms with Gasteiger partial charge in [0.25, 0.3) is 0 Å². The molecule has 0 saturated carbocycles. The minimum absolute atomic E-state index is 0.0631. The highest BCUT2D eigenvalue weighted by atomic mass is 16.3. The van der Waals surface area contributed by atoms with E-state index in [9.17, 15) is 5.11 Å². The number of unbranched alkanes of at least 4 members (excludes halogenated alkanes) is 1. The summed E-state index contributed by atoms with van der Waals surface area (Å²) in [5, 5.41) is 9.46.